The Labute approximate surface area is 141 Å². The van der Waals surface area contributed by atoms with E-state index in [9.17, 15) is 13.2 Å². The molecule has 0 saturated carbocycles. The maximum atomic E-state index is 12.0. The summed E-state index contributed by atoms with van der Waals surface area (Å²) in [6.45, 7) is 2.63. The Balaban J connectivity index is 1.90. The summed E-state index contributed by atoms with van der Waals surface area (Å²) in [5, 5.41) is 5.35. The first-order valence-electron chi connectivity index (χ1n) is 7.55. The summed E-state index contributed by atoms with van der Waals surface area (Å²) in [7, 11) is -3.50. The second-order valence-corrected chi connectivity index (χ2v) is 6.86. The molecule has 0 bridgehead atoms. The van der Waals surface area contributed by atoms with E-state index in [-0.39, 0.29) is 10.9 Å². The molecule has 0 atom stereocenters. The van der Waals surface area contributed by atoms with Crippen molar-refractivity contribution in [3.63, 3.8) is 0 Å². The van der Waals surface area contributed by atoms with Crippen LogP contribution in [0.3, 0.4) is 0 Å². The van der Waals surface area contributed by atoms with E-state index < -0.39 is 10.0 Å². The third-order valence-corrected chi connectivity index (χ3v) is 4.62. The lowest BCUT2D eigenvalue weighted by Crippen LogP contribution is -2.28. The summed E-state index contributed by atoms with van der Waals surface area (Å²) in [5.74, 6) is 0. The third-order valence-electron chi connectivity index (χ3n) is 3.14. The highest BCUT2D eigenvalue weighted by molar-refractivity contribution is 7.89. The molecule has 2 amide bonds. The van der Waals surface area contributed by atoms with Crippen LogP contribution >= 0.6 is 0 Å². The van der Waals surface area contributed by atoms with Crippen LogP contribution in [0.25, 0.3) is 0 Å². The molecule has 1 heterocycles. The Kier molecular flexibility index (Phi) is 6.28. The van der Waals surface area contributed by atoms with Gasteiger partial charge in [0.15, 0.2) is 0 Å². The van der Waals surface area contributed by atoms with Gasteiger partial charge in [-0.15, -0.1) is 0 Å². The first-order chi connectivity index (χ1) is 11.5. The minimum absolute atomic E-state index is 0.164. The monoisotopic (exact) mass is 348 g/mol. The van der Waals surface area contributed by atoms with Gasteiger partial charge in [-0.2, -0.15) is 0 Å². The molecule has 0 saturated heterocycles. The molecule has 0 unspecified atom stereocenters. The number of hydrogen-bond acceptors (Lipinski definition) is 4. The lowest BCUT2D eigenvalue weighted by atomic mass is 10.3. The quantitative estimate of drug-likeness (QED) is 0.713. The molecule has 7 nitrogen and oxygen atoms in total. The van der Waals surface area contributed by atoms with Crippen molar-refractivity contribution in [2.24, 2.45) is 0 Å². The number of nitrogens with one attached hydrogen (secondary N) is 3. The zero-order valence-electron chi connectivity index (χ0n) is 13.3. The molecular formula is C16H20N4O3S. The van der Waals surface area contributed by atoms with Crippen LogP contribution in [0.1, 0.15) is 18.9 Å². The summed E-state index contributed by atoms with van der Waals surface area (Å²) in [4.78, 5) is 16.0. The van der Waals surface area contributed by atoms with E-state index in [2.05, 4.69) is 20.3 Å². The number of rotatable bonds is 7. The van der Waals surface area contributed by atoms with Gasteiger partial charge >= 0.3 is 6.03 Å². The Morgan fingerprint density at radius 1 is 1.17 bits per heavy atom. The van der Waals surface area contributed by atoms with Crippen LogP contribution in [0.4, 0.5) is 10.5 Å². The number of sulfonamides is 1. The zero-order chi connectivity index (χ0) is 17.4. The number of carbonyl (C=O) groups is 1. The highest BCUT2D eigenvalue weighted by Crippen LogP contribution is 2.14. The summed E-state index contributed by atoms with van der Waals surface area (Å²) in [5.41, 5.74) is 1.39. The Morgan fingerprint density at radius 3 is 2.54 bits per heavy atom. The van der Waals surface area contributed by atoms with Gasteiger partial charge in [-0.25, -0.2) is 17.9 Å². The van der Waals surface area contributed by atoms with E-state index in [1.54, 1.807) is 30.6 Å². The van der Waals surface area contributed by atoms with E-state index >= 15 is 0 Å². The van der Waals surface area contributed by atoms with Gasteiger partial charge in [0.25, 0.3) is 0 Å². The number of anilines is 1. The molecule has 0 fully saturated rings. The molecule has 24 heavy (non-hydrogen) atoms. The Morgan fingerprint density at radius 2 is 1.92 bits per heavy atom. The van der Waals surface area contributed by atoms with Crippen LogP contribution in [-0.2, 0) is 16.6 Å². The van der Waals surface area contributed by atoms with Crippen molar-refractivity contribution in [3.05, 3.63) is 54.4 Å². The van der Waals surface area contributed by atoms with Crippen molar-refractivity contribution >= 4 is 21.7 Å². The van der Waals surface area contributed by atoms with Crippen LogP contribution in [0.5, 0.6) is 0 Å². The molecule has 0 aliphatic carbocycles. The van der Waals surface area contributed by atoms with Crippen molar-refractivity contribution in [3.8, 4) is 0 Å². The topological polar surface area (TPSA) is 100 Å². The molecule has 1 aromatic carbocycles. The molecule has 2 rings (SSSR count). The number of carbonyl (C=O) groups excluding carboxylic acids is 1. The lowest BCUT2D eigenvalue weighted by Gasteiger charge is -2.09. The molecule has 0 aliphatic heterocycles. The standard InChI is InChI=1S/C16H20N4O3S/c1-2-9-19-24(22,23)15-7-5-14(6-8-15)20-16(21)18-12-13-4-3-10-17-11-13/h3-8,10-11,19H,2,9,12H2,1H3,(H2,18,20,21). The van der Waals surface area contributed by atoms with Gasteiger partial charge in [-0.3, -0.25) is 4.98 Å². The number of amides is 2. The fraction of sp³-hybridized carbons (Fsp3) is 0.250. The average molecular weight is 348 g/mol. The van der Waals surface area contributed by atoms with Crippen LogP contribution in [0, 0.1) is 0 Å². The molecule has 1 aromatic heterocycles. The van der Waals surface area contributed by atoms with Crippen molar-refractivity contribution in [1.82, 2.24) is 15.0 Å². The van der Waals surface area contributed by atoms with E-state index in [0.717, 1.165) is 12.0 Å². The smallest absolute Gasteiger partial charge is 0.319 e. The number of benzene rings is 1. The summed E-state index contributed by atoms with van der Waals surface area (Å²) in [6, 6.07) is 9.27. The molecule has 0 spiro atoms. The van der Waals surface area contributed by atoms with Gasteiger partial charge < -0.3 is 10.6 Å². The number of hydrogen-bond donors (Lipinski definition) is 3. The molecule has 2 aromatic rings. The zero-order valence-corrected chi connectivity index (χ0v) is 14.1. The summed E-state index contributed by atoms with van der Waals surface area (Å²) in [6.07, 6.45) is 4.05. The van der Waals surface area contributed by atoms with Gasteiger partial charge in [0.1, 0.15) is 0 Å². The maximum Gasteiger partial charge on any atom is 0.319 e. The first kappa shape index (κ1) is 17.9. The number of urea groups is 1. The molecule has 0 radical (unpaired) electrons. The maximum absolute atomic E-state index is 12.0. The Bertz CT molecular complexity index is 762. The van der Waals surface area contributed by atoms with Gasteiger partial charge in [-0.1, -0.05) is 13.0 Å². The third kappa shape index (κ3) is 5.32. The normalized spacial score (nSPS) is 11.0. The number of nitrogens with zero attached hydrogens (tertiary/aromatic N) is 1. The minimum Gasteiger partial charge on any atom is -0.334 e. The summed E-state index contributed by atoms with van der Waals surface area (Å²) < 4.78 is 26.4. The predicted molar refractivity (Wildman–Crippen MR) is 92.0 cm³/mol. The largest absolute Gasteiger partial charge is 0.334 e. The minimum atomic E-state index is -3.50. The average Bonchev–Trinajstić information content (AvgIpc) is 2.60. The van der Waals surface area contributed by atoms with Crippen molar-refractivity contribution in [2.45, 2.75) is 24.8 Å². The highest BCUT2D eigenvalue weighted by Gasteiger charge is 2.12. The second-order valence-electron chi connectivity index (χ2n) is 5.09. The van der Waals surface area contributed by atoms with E-state index in [1.165, 1.54) is 12.1 Å². The number of pyridine rings is 1. The van der Waals surface area contributed by atoms with E-state index in [1.807, 2.05) is 13.0 Å². The van der Waals surface area contributed by atoms with Gasteiger partial charge in [0.2, 0.25) is 10.0 Å². The molecular weight excluding hydrogens is 328 g/mol. The van der Waals surface area contributed by atoms with E-state index in [4.69, 9.17) is 0 Å². The SMILES string of the molecule is CCCNS(=O)(=O)c1ccc(NC(=O)NCc2cccnc2)cc1. The van der Waals surface area contributed by atoms with Crippen LogP contribution in [-0.4, -0.2) is 26.0 Å². The van der Waals surface area contributed by atoms with Crippen LogP contribution < -0.4 is 15.4 Å². The van der Waals surface area contributed by atoms with Crippen molar-refractivity contribution in [1.29, 1.82) is 0 Å². The van der Waals surface area contributed by atoms with E-state index in [0.29, 0.717) is 18.8 Å². The molecule has 128 valence electrons. The molecule has 8 heteroatoms. The van der Waals surface area contributed by atoms with Gasteiger partial charge in [0.05, 0.1) is 4.90 Å². The van der Waals surface area contributed by atoms with Crippen molar-refractivity contribution in [2.75, 3.05) is 11.9 Å². The summed E-state index contributed by atoms with van der Waals surface area (Å²) >= 11 is 0. The molecule has 0 aliphatic rings. The molecule has 3 N–H and O–H groups in total. The second kappa shape index (κ2) is 8.42. The van der Waals surface area contributed by atoms with Gasteiger partial charge in [-0.05, 0) is 42.3 Å². The fourth-order valence-electron chi connectivity index (χ4n) is 1.90. The predicted octanol–water partition coefficient (Wildman–Crippen LogP) is 2.09. The van der Waals surface area contributed by atoms with Gasteiger partial charge in [0, 0.05) is 31.2 Å². The Hall–Kier alpha value is -2.45. The first-order valence-corrected chi connectivity index (χ1v) is 9.03. The van der Waals surface area contributed by atoms with Crippen LogP contribution in [0.15, 0.2) is 53.7 Å². The van der Waals surface area contributed by atoms with Crippen molar-refractivity contribution < 1.29 is 13.2 Å². The van der Waals surface area contributed by atoms with Crippen LogP contribution in [0.2, 0.25) is 0 Å². The highest BCUT2D eigenvalue weighted by atomic mass is 32.2. The lowest BCUT2D eigenvalue weighted by molar-refractivity contribution is 0.251. The fourth-order valence-corrected chi connectivity index (χ4v) is 3.03. The number of aromatic nitrogens is 1.